The van der Waals surface area contributed by atoms with Crippen LogP contribution in [0.5, 0.6) is 0 Å². The van der Waals surface area contributed by atoms with Crippen LogP contribution in [-0.2, 0) is 0 Å². The molecule has 0 aliphatic carbocycles. The molecule has 0 fully saturated rings. The van der Waals surface area contributed by atoms with Gasteiger partial charge in [0.05, 0.1) is 11.1 Å². The summed E-state index contributed by atoms with van der Waals surface area (Å²) >= 11 is 0. The zero-order valence-corrected chi connectivity index (χ0v) is 22.8. The van der Waals surface area contributed by atoms with Gasteiger partial charge in [0.25, 0.3) is 5.91 Å². The second-order valence-electron chi connectivity index (χ2n) is 10.0. The van der Waals surface area contributed by atoms with Gasteiger partial charge in [0.15, 0.2) is 22.9 Å². The van der Waals surface area contributed by atoms with Crippen LogP contribution in [0.3, 0.4) is 0 Å². The Labute approximate surface area is 238 Å². The number of primary amides is 1. The van der Waals surface area contributed by atoms with Gasteiger partial charge in [-0.1, -0.05) is 11.2 Å². The van der Waals surface area contributed by atoms with Gasteiger partial charge >= 0.3 is 0 Å². The fourth-order valence-electron chi connectivity index (χ4n) is 4.94. The summed E-state index contributed by atoms with van der Waals surface area (Å²) < 4.78 is 38.6. The number of likely N-dealkylation sites (N-methyl/N-ethyl adjacent to an activating group) is 1. The number of fused-ring (bicyclic) bond motifs is 2. The van der Waals surface area contributed by atoms with E-state index in [4.69, 9.17) is 16.0 Å². The average molecular weight is 569 g/mol. The fraction of sp³-hybridized carbons (Fsp3) is 0.133. The van der Waals surface area contributed by atoms with Crippen molar-refractivity contribution >= 4 is 45.0 Å². The zero-order valence-electron chi connectivity index (χ0n) is 22.8. The van der Waals surface area contributed by atoms with E-state index in [0.717, 1.165) is 12.2 Å². The Hall–Kier alpha value is -5.36. The van der Waals surface area contributed by atoms with Crippen molar-refractivity contribution in [3.05, 3.63) is 90.4 Å². The number of amides is 1. The lowest BCUT2D eigenvalue weighted by atomic mass is 10.0. The van der Waals surface area contributed by atoms with Crippen LogP contribution in [-0.4, -0.2) is 57.9 Å². The highest BCUT2D eigenvalue weighted by molar-refractivity contribution is 6.05. The molecule has 0 saturated heterocycles. The van der Waals surface area contributed by atoms with E-state index >= 15 is 8.78 Å². The predicted molar refractivity (Wildman–Crippen MR) is 157 cm³/mol. The normalized spacial score (nSPS) is 11.5. The maximum atomic E-state index is 16.4. The van der Waals surface area contributed by atoms with E-state index < -0.39 is 17.5 Å². The van der Waals surface area contributed by atoms with Crippen molar-refractivity contribution in [2.24, 2.45) is 5.73 Å². The molecule has 1 amide bonds. The van der Waals surface area contributed by atoms with Crippen molar-refractivity contribution < 1.29 is 18.1 Å². The van der Waals surface area contributed by atoms with Gasteiger partial charge < -0.3 is 25.8 Å². The van der Waals surface area contributed by atoms with Crippen molar-refractivity contribution in [3.8, 4) is 16.8 Å². The minimum Gasteiger partial charge on any atom is -0.380 e. The maximum absolute atomic E-state index is 16.4. The van der Waals surface area contributed by atoms with Crippen molar-refractivity contribution in [3.63, 3.8) is 0 Å². The number of anilines is 3. The number of nitrogens with two attached hydrogens (primary N) is 2. The van der Waals surface area contributed by atoms with Gasteiger partial charge in [-0.3, -0.25) is 9.78 Å². The monoisotopic (exact) mass is 568 g/mol. The topological polar surface area (TPSA) is 132 Å². The predicted octanol–water partition coefficient (Wildman–Crippen LogP) is 4.89. The Morgan fingerprint density at radius 2 is 1.69 bits per heavy atom. The fourth-order valence-corrected chi connectivity index (χ4v) is 4.94. The third-order valence-corrected chi connectivity index (χ3v) is 7.04. The molecule has 0 unspecified atom stereocenters. The summed E-state index contributed by atoms with van der Waals surface area (Å²) in [5, 5.41) is 8.72. The molecule has 42 heavy (non-hydrogen) atoms. The molecule has 6 aromatic rings. The highest BCUT2D eigenvalue weighted by Crippen LogP contribution is 2.36. The number of halogens is 2. The summed E-state index contributed by atoms with van der Waals surface area (Å²) in [6, 6.07) is 16.1. The number of pyridine rings is 1. The van der Waals surface area contributed by atoms with Crippen LogP contribution in [0.2, 0.25) is 0 Å². The van der Waals surface area contributed by atoms with Crippen molar-refractivity contribution in [2.45, 2.75) is 0 Å². The molecular weight excluding hydrogens is 542 g/mol. The second-order valence-corrected chi connectivity index (χ2v) is 10.0. The number of hydrogen-bond donors (Lipinski definition) is 2. The molecule has 0 spiro atoms. The van der Waals surface area contributed by atoms with Gasteiger partial charge in [0, 0.05) is 53.4 Å². The van der Waals surface area contributed by atoms with Gasteiger partial charge in [-0.2, -0.15) is 5.10 Å². The summed E-state index contributed by atoms with van der Waals surface area (Å²) in [4.78, 5) is 20.3. The molecule has 4 N–H and O–H groups in total. The molecule has 12 heteroatoms. The van der Waals surface area contributed by atoms with Gasteiger partial charge in [0.2, 0.25) is 0 Å². The van der Waals surface area contributed by atoms with Crippen LogP contribution in [0.1, 0.15) is 10.5 Å². The van der Waals surface area contributed by atoms with Gasteiger partial charge in [0.1, 0.15) is 11.3 Å². The summed E-state index contributed by atoms with van der Waals surface area (Å²) in [7, 11) is 3.92. The minimum absolute atomic E-state index is 0.00181. The highest BCUT2D eigenvalue weighted by atomic mass is 19.1. The number of nitrogen functional groups attached to an aromatic ring is 1. The number of aromatic nitrogens is 4. The largest absolute Gasteiger partial charge is 0.380 e. The molecule has 0 saturated carbocycles. The summed E-state index contributed by atoms with van der Waals surface area (Å²) in [6.45, 7) is 1.31. The number of carbonyl (C=O) groups is 1. The molecule has 212 valence electrons. The van der Waals surface area contributed by atoms with Crippen LogP contribution in [0.15, 0.2) is 77.6 Å². The van der Waals surface area contributed by atoms with Crippen molar-refractivity contribution in [1.29, 1.82) is 0 Å². The molecule has 3 aromatic carbocycles. The van der Waals surface area contributed by atoms with E-state index in [1.807, 2.05) is 36.0 Å². The van der Waals surface area contributed by atoms with Crippen molar-refractivity contribution in [1.82, 2.24) is 24.8 Å². The van der Waals surface area contributed by atoms with Gasteiger partial charge in [-0.25, -0.2) is 13.5 Å². The molecule has 0 bridgehead atoms. The van der Waals surface area contributed by atoms with E-state index in [-0.39, 0.29) is 33.5 Å². The second kappa shape index (κ2) is 10.6. The van der Waals surface area contributed by atoms with Crippen LogP contribution in [0.25, 0.3) is 38.7 Å². The lowest BCUT2D eigenvalue weighted by Crippen LogP contribution is -2.28. The quantitative estimate of drug-likeness (QED) is 0.265. The number of rotatable bonds is 8. The third kappa shape index (κ3) is 4.67. The summed E-state index contributed by atoms with van der Waals surface area (Å²) in [5.74, 6) is -2.07. The first-order chi connectivity index (χ1) is 20.2. The van der Waals surface area contributed by atoms with Crippen LogP contribution in [0.4, 0.5) is 26.0 Å². The Balaban J connectivity index is 1.47. The number of hydrogen-bond acceptors (Lipinski definition) is 8. The molecule has 6 rings (SSSR count). The maximum Gasteiger partial charge on any atom is 0.269 e. The molecule has 0 aliphatic rings. The minimum atomic E-state index is -0.832. The number of carbonyl (C=O) groups excluding carboxylic acids is 1. The molecule has 10 nitrogen and oxygen atoms in total. The first kappa shape index (κ1) is 26.8. The van der Waals surface area contributed by atoms with E-state index in [1.165, 1.54) is 22.9 Å². The Morgan fingerprint density at radius 3 is 2.40 bits per heavy atom. The molecule has 3 heterocycles. The highest BCUT2D eigenvalue weighted by Gasteiger charge is 2.24. The standard InChI is InChI=1S/C30H26F2N8O2/c1-38(2)13-14-39(17-9-11-35-12-10-17)18-3-5-20(24(31)16-18)21-6-7-22-27(30(34)41)36-40(28(22)26(21)32)19-4-8-25-23(15-19)29(33)37-42-25/h3-12,15-16H,13-14H2,1-2H3,(H2,33,37)(H2,34,41). The SMILES string of the molecule is CN(C)CCN(c1ccncc1)c1ccc(-c2ccc3c(C(N)=O)nn(-c4ccc5onc(N)c5c4)c3c2F)c(F)c1. The smallest absolute Gasteiger partial charge is 0.269 e. The molecular formula is C30H26F2N8O2. The molecule has 0 radical (unpaired) electrons. The van der Waals surface area contributed by atoms with Crippen molar-refractivity contribution in [2.75, 3.05) is 37.8 Å². The Kier molecular flexibility index (Phi) is 6.75. The summed E-state index contributed by atoms with van der Waals surface area (Å²) in [5.41, 5.74) is 13.6. The zero-order chi connectivity index (χ0) is 29.5. The van der Waals surface area contributed by atoms with Crippen LogP contribution < -0.4 is 16.4 Å². The summed E-state index contributed by atoms with van der Waals surface area (Å²) in [6.07, 6.45) is 3.35. The van der Waals surface area contributed by atoms with E-state index in [1.54, 1.807) is 42.7 Å². The first-order valence-corrected chi connectivity index (χ1v) is 13.0. The lowest BCUT2D eigenvalue weighted by Gasteiger charge is -2.27. The van der Waals surface area contributed by atoms with Crippen LogP contribution in [0, 0.1) is 11.6 Å². The van der Waals surface area contributed by atoms with E-state index in [9.17, 15) is 4.79 Å². The third-order valence-electron chi connectivity index (χ3n) is 7.04. The van der Waals surface area contributed by atoms with Gasteiger partial charge in [-0.05, 0) is 68.7 Å². The molecule has 3 aromatic heterocycles. The van der Waals surface area contributed by atoms with E-state index in [0.29, 0.717) is 28.9 Å². The van der Waals surface area contributed by atoms with E-state index in [2.05, 4.69) is 15.2 Å². The number of nitrogens with zero attached hydrogens (tertiary/aromatic N) is 6. The average Bonchev–Trinajstić information content (AvgIpc) is 3.55. The lowest BCUT2D eigenvalue weighted by molar-refractivity contribution is 0.0996. The number of benzene rings is 3. The Morgan fingerprint density at radius 1 is 0.929 bits per heavy atom. The molecule has 0 aliphatic heterocycles. The van der Waals surface area contributed by atoms with Gasteiger partial charge in [-0.15, -0.1) is 0 Å². The first-order valence-electron chi connectivity index (χ1n) is 13.0. The Bertz CT molecular complexity index is 1950. The molecule has 0 atom stereocenters. The van der Waals surface area contributed by atoms with Crippen LogP contribution >= 0.6 is 0 Å².